The molecule has 2 N–H and O–H groups in total. The minimum Gasteiger partial charge on any atom is -0.389 e. The van der Waals surface area contributed by atoms with Crippen molar-refractivity contribution in [2.24, 2.45) is 5.92 Å². The average molecular weight is 284 g/mol. The topological polar surface area (TPSA) is 40.5 Å². The van der Waals surface area contributed by atoms with Crippen LogP contribution < -0.4 is 0 Å². The van der Waals surface area contributed by atoms with Crippen LogP contribution in [0.1, 0.15) is 37.8 Å². The van der Waals surface area contributed by atoms with E-state index in [0.717, 1.165) is 24.0 Å². The Balaban J connectivity index is 2.54. The van der Waals surface area contributed by atoms with E-state index in [1.165, 1.54) is 0 Å². The molecule has 0 aromatic heterocycles. The van der Waals surface area contributed by atoms with Gasteiger partial charge in [-0.1, -0.05) is 87.4 Å². The summed E-state index contributed by atoms with van der Waals surface area (Å²) >= 11 is 0. The molecule has 1 unspecified atom stereocenters. The van der Waals surface area contributed by atoms with Crippen molar-refractivity contribution in [2.45, 2.75) is 38.4 Å². The van der Waals surface area contributed by atoms with Crippen molar-refractivity contribution in [2.75, 3.05) is 0 Å². The van der Waals surface area contributed by atoms with Crippen molar-refractivity contribution in [1.82, 2.24) is 0 Å². The van der Waals surface area contributed by atoms with Gasteiger partial charge >= 0.3 is 0 Å². The van der Waals surface area contributed by atoms with Gasteiger partial charge < -0.3 is 10.2 Å². The molecule has 0 aliphatic carbocycles. The lowest BCUT2D eigenvalue weighted by Crippen LogP contribution is -2.45. The molecule has 0 bridgehead atoms. The molecule has 112 valence electrons. The van der Waals surface area contributed by atoms with Gasteiger partial charge in [-0.05, 0) is 17.0 Å². The van der Waals surface area contributed by atoms with E-state index in [1.54, 1.807) is 0 Å². The normalized spacial score (nSPS) is 13.4. The Hall–Kier alpha value is -1.64. The lowest BCUT2D eigenvalue weighted by atomic mass is 9.75. The largest absolute Gasteiger partial charge is 0.389 e. The standard InChI is InChI=1S/C19H24O2/c1-3-15(4-2)18(20)19(21,16-11-7-5-8-12-16)17-13-9-6-10-14-17/h5-15,18,20-21H,3-4H2,1-2H3. The third-order valence-electron chi connectivity index (χ3n) is 4.35. The van der Waals surface area contributed by atoms with Crippen molar-refractivity contribution in [3.05, 3.63) is 71.8 Å². The fourth-order valence-corrected chi connectivity index (χ4v) is 2.97. The van der Waals surface area contributed by atoms with Gasteiger partial charge in [-0.25, -0.2) is 0 Å². The molecule has 0 saturated heterocycles. The zero-order valence-corrected chi connectivity index (χ0v) is 12.7. The number of aliphatic hydroxyl groups excluding tert-OH is 1. The summed E-state index contributed by atoms with van der Waals surface area (Å²) in [5.41, 5.74) is 0.0883. The molecule has 0 radical (unpaired) electrons. The Morgan fingerprint density at radius 3 is 1.52 bits per heavy atom. The molecule has 2 aromatic rings. The molecular formula is C19H24O2. The third kappa shape index (κ3) is 3.02. The van der Waals surface area contributed by atoms with Crippen LogP contribution in [0.3, 0.4) is 0 Å². The van der Waals surface area contributed by atoms with Gasteiger partial charge in [-0.15, -0.1) is 0 Å². The summed E-state index contributed by atoms with van der Waals surface area (Å²) in [5, 5.41) is 22.3. The molecule has 0 amide bonds. The van der Waals surface area contributed by atoms with E-state index in [9.17, 15) is 10.2 Å². The monoisotopic (exact) mass is 284 g/mol. The van der Waals surface area contributed by atoms with Crippen molar-refractivity contribution < 1.29 is 10.2 Å². The summed E-state index contributed by atoms with van der Waals surface area (Å²) in [6, 6.07) is 18.9. The van der Waals surface area contributed by atoms with Crippen LogP contribution in [0, 0.1) is 5.92 Å². The Labute approximate surface area is 127 Å². The number of aliphatic hydroxyl groups is 2. The Kier molecular flexibility index (Phi) is 5.16. The summed E-state index contributed by atoms with van der Waals surface area (Å²) in [4.78, 5) is 0. The molecule has 0 aliphatic rings. The fraction of sp³-hybridized carbons (Fsp3) is 0.368. The lowest BCUT2D eigenvalue weighted by Gasteiger charge is -2.38. The van der Waals surface area contributed by atoms with Crippen LogP contribution in [0.4, 0.5) is 0 Å². The molecule has 2 aromatic carbocycles. The van der Waals surface area contributed by atoms with Gasteiger partial charge in [0.25, 0.3) is 0 Å². The second-order valence-corrected chi connectivity index (χ2v) is 5.52. The molecule has 0 aliphatic heterocycles. The maximum absolute atomic E-state index is 11.4. The first-order chi connectivity index (χ1) is 10.1. The second-order valence-electron chi connectivity index (χ2n) is 5.52. The smallest absolute Gasteiger partial charge is 0.141 e. The predicted molar refractivity (Wildman–Crippen MR) is 86.0 cm³/mol. The molecule has 2 heteroatoms. The van der Waals surface area contributed by atoms with Gasteiger partial charge in [-0.2, -0.15) is 0 Å². The molecule has 1 atom stereocenters. The molecule has 0 fully saturated rings. The highest BCUT2D eigenvalue weighted by Gasteiger charge is 2.42. The lowest BCUT2D eigenvalue weighted by molar-refractivity contribution is -0.0804. The van der Waals surface area contributed by atoms with Gasteiger partial charge in [-0.3, -0.25) is 0 Å². The van der Waals surface area contributed by atoms with Crippen molar-refractivity contribution in [3.8, 4) is 0 Å². The van der Waals surface area contributed by atoms with Crippen molar-refractivity contribution in [3.63, 3.8) is 0 Å². The van der Waals surface area contributed by atoms with Crippen LogP contribution in [0.15, 0.2) is 60.7 Å². The Bertz CT molecular complexity index is 493. The van der Waals surface area contributed by atoms with Crippen LogP contribution in [0.25, 0.3) is 0 Å². The number of rotatable bonds is 6. The third-order valence-corrected chi connectivity index (χ3v) is 4.35. The highest BCUT2D eigenvalue weighted by atomic mass is 16.3. The van der Waals surface area contributed by atoms with E-state index < -0.39 is 11.7 Å². The van der Waals surface area contributed by atoms with E-state index >= 15 is 0 Å². The van der Waals surface area contributed by atoms with Crippen LogP contribution in [-0.4, -0.2) is 16.3 Å². The van der Waals surface area contributed by atoms with Crippen molar-refractivity contribution >= 4 is 0 Å². The van der Waals surface area contributed by atoms with Crippen LogP contribution >= 0.6 is 0 Å². The molecule has 0 spiro atoms. The van der Waals surface area contributed by atoms with E-state index in [2.05, 4.69) is 0 Å². The van der Waals surface area contributed by atoms with Gasteiger partial charge in [0.2, 0.25) is 0 Å². The summed E-state index contributed by atoms with van der Waals surface area (Å²) in [5.74, 6) is 0.0513. The number of hydrogen-bond donors (Lipinski definition) is 2. The molecule has 21 heavy (non-hydrogen) atoms. The number of benzene rings is 2. The molecule has 0 saturated carbocycles. The average Bonchev–Trinajstić information content (AvgIpc) is 2.56. The summed E-state index contributed by atoms with van der Waals surface area (Å²) in [6.45, 7) is 4.10. The summed E-state index contributed by atoms with van der Waals surface area (Å²) < 4.78 is 0. The minimum absolute atomic E-state index is 0.0513. The van der Waals surface area contributed by atoms with Gasteiger partial charge in [0.05, 0.1) is 6.10 Å². The maximum atomic E-state index is 11.4. The van der Waals surface area contributed by atoms with Crippen LogP contribution in [0.5, 0.6) is 0 Å². The van der Waals surface area contributed by atoms with E-state index in [1.807, 2.05) is 74.5 Å². The zero-order chi connectivity index (χ0) is 15.3. The molecular weight excluding hydrogens is 260 g/mol. The van der Waals surface area contributed by atoms with Crippen LogP contribution in [-0.2, 0) is 5.60 Å². The minimum atomic E-state index is -1.38. The Morgan fingerprint density at radius 1 is 0.810 bits per heavy atom. The highest BCUT2D eigenvalue weighted by Crippen LogP contribution is 2.37. The Morgan fingerprint density at radius 2 is 1.19 bits per heavy atom. The summed E-state index contributed by atoms with van der Waals surface area (Å²) in [7, 11) is 0. The first kappa shape index (κ1) is 15.7. The predicted octanol–water partition coefficient (Wildman–Crippen LogP) is 3.72. The SMILES string of the molecule is CCC(CC)C(O)C(O)(c1ccccc1)c1ccccc1. The number of hydrogen-bond acceptors (Lipinski definition) is 2. The maximum Gasteiger partial charge on any atom is 0.141 e. The van der Waals surface area contributed by atoms with Gasteiger partial charge in [0.1, 0.15) is 5.60 Å². The first-order valence-electron chi connectivity index (χ1n) is 7.66. The van der Waals surface area contributed by atoms with Crippen LogP contribution in [0.2, 0.25) is 0 Å². The van der Waals surface area contributed by atoms with E-state index in [4.69, 9.17) is 0 Å². The fourth-order valence-electron chi connectivity index (χ4n) is 2.97. The molecule has 2 rings (SSSR count). The highest BCUT2D eigenvalue weighted by molar-refractivity contribution is 5.37. The van der Waals surface area contributed by atoms with Crippen molar-refractivity contribution in [1.29, 1.82) is 0 Å². The second kappa shape index (κ2) is 6.88. The zero-order valence-electron chi connectivity index (χ0n) is 12.7. The quantitative estimate of drug-likeness (QED) is 0.848. The molecule has 0 heterocycles. The van der Waals surface area contributed by atoms with E-state index in [-0.39, 0.29) is 5.92 Å². The van der Waals surface area contributed by atoms with E-state index in [0.29, 0.717) is 0 Å². The molecule has 2 nitrogen and oxygen atoms in total. The van der Waals surface area contributed by atoms with Gasteiger partial charge in [0.15, 0.2) is 0 Å². The summed E-state index contributed by atoms with van der Waals surface area (Å²) in [6.07, 6.45) is 0.830. The van der Waals surface area contributed by atoms with Gasteiger partial charge in [0, 0.05) is 0 Å². The first-order valence-corrected chi connectivity index (χ1v) is 7.66.